The summed E-state index contributed by atoms with van der Waals surface area (Å²) in [5, 5.41) is 11.5. The Bertz CT molecular complexity index is 1010. The highest BCUT2D eigenvalue weighted by Gasteiger charge is 2.64. The third-order valence-electron chi connectivity index (χ3n) is 11.0. The molecule has 2 bridgehead atoms. The van der Waals surface area contributed by atoms with E-state index in [1.807, 2.05) is 19.9 Å². The van der Waals surface area contributed by atoms with Gasteiger partial charge in [-0.15, -0.1) is 0 Å². The van der Waals surface area contributed by atoms with Gasteiger partial charge in [-0.25, -0.2) is 4.79 Å². The van der Waals surface area contributed by atoms with Crippen LogP contribution in [0.2, 0.25) is 0 Å². The van der Waals surface area contributed by atoms with Crippen LogP contribution in [0.5, 0.6) is 0 Å². The molecule has 6 aliphatic rings. The minimum absolute atomic E-state index is 0.0552. The first-order chi connectivity index (χ1) is 15.5. The monoisotopic (exact) mass is 452 g/mol. The average molecular weight is 453 g/mol. The summed E-state index contributed by atoms with van der Waals surface area (Å²) in [5.74, 6) is 1.15. The van der Waals surface area contributed by atoms with Gasteiger partial charge in [-0.2, -0.15) is 0 Å². The van der Waals surface area contributed by atoms with Gasteiger partial charge in [0.1, 0.15) is 11.7 Å². The third kappa shape index (κ3) is 2.61. The molecular formula is C28H36O5. The number of ether oxygens (including phenoxy) is 2. The molecule has 2 saturated carbocycles. The van der Waals surface area contributed by atoms with Gasteiger partial charge in [-0.3, -0.25) is 4.79 Å². The van der Waals surface area contributed by atoms with Crippen molar-refractivity contribution in [3.8, 4) is 0 Å². The molecule has 0 aromatic rings. The molecule has 2 heterocycles. The second-order valence-electron chi connectivity index (χ2n) is 12.3. The lowest BCUT2D eigenvalue weighted by Gasteiger charge is -2.58. The Morgan fingerprint density at radius 3 is 2.64 bits per heavy atom. The van der Waals surface area contributed by atoms with Crippen LogP contribution in [0.1, 0.15) is 65.7 Å². The summed E-state index contributed by atoms with van der Waals surface area (Å²) < 4.78 is 12.2. The Balaban J connectivity index is 1.33. The van der Waals surface area contributed by atoms with Crippen molar-refractivity contribution in [3.05, 3.63) is 36.0 Å². The molecule has 0 amide bonds. The summed E-state index contributed by atoms with van der Waals surface area (Å²) in [6, 6.07) is 0. The SMILES string of the molecule is C=C1C(=O)OC2CC1(C)OCC2C1CCC2C3CCC4(O)CC=CC(=O)C4(C)C3=CCC21C. The number of hydrogen-bond acceptors (Lipinski definition) is 5. The van der Waals surface area contributed by atoms with Gasteiger partial charge >= 0.3 is 5.97 Å². The first kappa shape index (κ1) is 21.8. The Kier molecular flexibility index (Phi) is 4.42. The van der Waals surface area contributed by atoms with Crippen molar-refractivity contribution in [2.24, 2.45) is 34.5 Å². The van der Waals surface area contributed by atoms with Gasteiger partial charge in [0, 0.05) is 12.3 Å². The maximum atomic E-state index is 13.1. The van der Waals surface area contributed by atoms with Crippen LogP contribution < -0.4 is 0 Å². The number of allylic oxidation sites excluding steroid dienone is 2. The fraction of sp³-hybridized carbons (Fsp3) is 0.714. The van der Waals surface area contributed by atoms with E-state index in [0.717, 1.165) is 25.7 Å². The largest absolute Gasteiger partial charge is 0.458 e. The molecular weight excluding hydrogens is 416 g/mol. The molecule has 2 saturated heterocycles. The topological polar surface area (TPSA) is 72.8 Å². The highest BCUT2D eigenvalue weighted by molar-refractivity contribution is 5.99. The lowest BCUT2D eigenvalue weighted by Crippen LogP contribution is -2.60. The maximum absolute atomic E-state index is 13.1. The molecule has 5 nitrogen and oxygen atoms in total. The number of hydrogen-bond donors (Lipinski definition) is 1. The molecule has 0 aromatic heterocycles. The highest BCUT2D eigenvalue weighted by atomic mass is 16.6. The molecule has 9 atom stereocenters. The van der Waals surface area contributed by atoms with Gasteiger partial charge in [0.2, 0.25) is 0 Å². The fourth-order valence-electron chi connectivity index (χ4n) is 8.83. The molecule has 0 spiro atoms. The van der Waals surface area contributed by atoms with Crippen LogP contribution in [0.15, 0.2) is 36.0 Å². The van der Waals surface area contributed by atoms with Crippen LogP contribution in [0, 0.1) is 34.5 Å². The Labute approximate surface area is 196 Å². The zero-order valence-corrected chi connectivity index (χ0v) is 20.1. The predicted octanol–water partition coefficient (Wildman–Crippen LogP) is 4.30. The summed E-state index contributed by atoms with van der Waals surface area (Å²) in [5.41, 5.74) is -0.678. The van der Waals surface area contributed by atoms with Gasteiger partial charge in [-0.1, -0.05) is 31.2 Å². The lowest BCUT2D eigenvalue weighted by atomic mass is 9.47. The minimum atomic E-state index is -0.965. The van der Waals surface area contributed by atoms with E-state index in [4.69, 9.17) is 9.47 Å². The molecule has 178 valence electrons. The van der Waals surface area contributed by atoms with E-state index in [-0.39, 0.29) is 29.2 Å². The second kappa shape index (κ2) is 6.69. The van der Waals surface area contributed by atoms with Crippen molar-refractivity contribution in [1.82, 2.24) is 0 Å². The summed E-state index contributed by atoms with van der Waals surface area (Å²) in [6.45, 7) is 10.9. The number of carbonyl (C=O) groups is 2. The smallest absolute Gasteiger partial charge is 0.336 e. The molecule has 9 unspecified atom stereocenters. The van der Waals surface area contributed by atoms with E-state index in [2.05, 4.69) is 19.6 Å². The molecule has 0 aromatic carbocycles. The number of carbonyl (C=O) groups excluding carboxylic acids is 2. The van der Waals surface area contributed by atoms with Gasteiger partial charge in [0.15, 0.2) is 5.78 Å². The molecule has 5 heteroatoms. The molecule has 4 fully saturated rings. The summed E-state index contributed by atoms with van der Waals surface area (Å²) >= 11 is 0. The van der Waals surface area contributed by atoms with Crippen molar-refractivity contribution in [2.45, 2.75) is 83.0 Å². The molecule has 1 N–H and O–H groups in total. The first-order valence-corrected chi connectivity index (χ1v) is 12.7. The number of aliphatic hydroxyl groups is 1. The van der Waals surface area contributed by atoms with E-state index >= 15 is 0 Å². The van der Waals surface area contributed by atoms with E-state index in [0.29, 0.717) is 49.2 Å². The number of fused-ring (bicyclic) bond motifs is 7. The standard InChI is InChI=1S/C28H36O5/c1-16-24(30)33-22-14-26(16,3)32-15-18(22)20-8-7-19-17-9-13-28(31)11-5-6-23(29)27(28,4)21(17)10-12-25(19,20)2/h5-6,10,17-20,22,31H,1,7-9,11-15H2,2-4H3. The van der Waals surface area contributed by atoms with E-state index < -0.39 is 16.6 Å². The summed E-state index contributed by atoms with van der Waals surface area (Å²) in [7, 11) is 0. The zero-order chi connectivity index (χ0) is 23.4. The van der Waals surface area contributed by atoms with E-state index in [1.165, 1.54) is 5.57 Å². The third-order valence-corrected chi connectivity index (χ3v) is 11.0. The Morgan fingerprint density at radius 2 is 1.85 bits per heavy atom. The van der Waals surface area contributed by atoms with Crippen LogP contribution >= 0.6 is 0 Å². The molecule has 2 aliphatic heterocycles. The van der Waals surface area contributed by atoms with Crippen molar-refractivity contribution in [2.75, 3.05) is 6.61 Å². The van der Waals surface area contributed by atoms with Gasteiger partial charge < -0.3 is 14.6 Å². The molecule has 6 rings (SSSR count). The predicted molar refractivity (Wildman–Crippen MR) is 123 cm³/mol. The molecule has 33 heavy (non-hydrogen) atoms. The van der Waals surface area contributed by atoms with Crippen LogP contribution in [-0.2, 0) is 19.1 Å². The van der Waals surface area contributed by atoms with Crippen molar-refractivity contribution in [3.63, 3.8) is 0 Å². The zero-order valence-electron chi connectivity index (χ0n) is 20.1. The molecule has 0 radical (unpaired) electrons. The summed E-state index contributed by atoms with van der Waals surface area (Å²) in [4.78, 5) is 25.6. The van der Waals surface area contributed by atoms with Crippen LogP contribution in [0.25, 0.3) is 0 Å². The second-order valence-corrected chi connectivity index (χ2v) is 12.3. The Morgan fingerprint density at radius 1 is 1.09 bits per heavy atom. The van der Waals surface area contributed by atoms with Gasteiger partial charge in [0.05, 0.1) is 23.2 Å². The van der Waals surface area contributed by atoms with Gasteiger partial charge in [-0.05, 0) is 81.6 Å². The van der Waals surface area contributed by atoms with Crippen molar-refractivity contribution in [1.29, 1.82) is 0 Å². The normalized spacial score (nSPS) is 53.0. The minimum Gasteiger partial charge on any atom is -0.458 e. The fourth-order valence-corrected chi connectivity index (χ4v) is 8.83. The summed E-state index contributed by atoms with van der Waals surface area (Å²) in [6.07, 6.45) is 11.7. The maximum Gasteiger partial charge on any atom is 0.336 e. The first-order valence-electron chi connectivity index (χ1n) is 12.7. The number of ketones is 1. The van der Waals surface area contributed by atoms with Crippen LogP contribution in [0.3, 0.4) is 0 Å². The van der Waals surface area contributed by atoms with Crippen molar-refractivity contribution < 1.29 is 24.2 Å². The average Bonchev–Trinajstić information content (AvgIpc) is 3.11. The van der Waals surface area contributed by atoms with Crippen molar-refractivity contribution >= 4 is 11.8 Å². The number of esters is 1. The van der Waals surface area contributed by atoms with Crippen LogP contribution in [0.4, 0.5) is 0 Å². The highest BCUT2D eigenvalue weighted by Crippen LogP contribution is 2.67. The Hall–Kier alpha value is -1.72. The lowest BCUT2D eigenvalue weighted by molar-refractivity contribution is -0.198. The molecule has 4 aliphatic carbocycles. The number of rotatable bonds is 1. The van der Waals surface area contributed by atoms with E-state index in [9.17, 15) is 14.7 Å². The quantitative estimate of drug-likeness (QED) is 0.365. The van der Waals surface area contributed by atoms with E-state index in [1.54, 1.807) is 6.08 Å². The van der Waals surface area contributed by atoms with Gasteiger partial charge in [0.25, 0.3) is 0 Å². The van der Waals surface area contributed by atoms with Crippen LogP contribution in [-0.4, -0.2) is 40.8 Å².